The molecule has 4 heterocycles. The third-order valence-corrected chi connectivity index (χ3v) is 28.4. The number of nitrogens with two attached hydrogens (primary N) is 8. The monoisotopic (exact) mass is 1730 g/mol. The van der Waals surface area contributed by atoms with E-state index in [1.54, 1.807) is 13.8 Å². The van der Waals surface area contributed by atoms with Crippen molar-refractivity contribution in [1.29, 1.82) is 0 Å². The SMILES string of the molecule is CCN(C1C[C@H]1NC(=O)[C@H](C)N)S(=O)(=O)N1C[C@H](CCCB(O)O)[C@](N)(C(=O)O)C1.CCN(CCNC(=O)[C@H](C)N)S(=O)(=O)N1C[C@H](CCCB(O)O)[C@](N)(C(=O)O)C1.C[C@H](N)C(=O)N[C@@H]1C[C@H]1NS(=O)(=O)N1C[C@H](CCCB(O)O)[C@](N)(C(=O)O)C1.C[C@H](N)C(=O)N[C@H]1C[C@@H]1NS(=O)(=O)N1C[C@H](CCCB(O)O)[C@](N)(C(=O)O)C1. The van der Waals surface area contributed by atoms with Crippen LogP contribution in [0.4, 0.5) is 0 Å². The number of carboxylic acids is 4. The molecular formula is C59H120B4N20O28S4. The van der Waals surface area contributed by atoms with Gasteiger partial charge in [-0.1, -0.05) is 39.5 Å². The van der Waals surface area contributed by atoms with Crippen LogP contribution in [-0.4, -0.2) is 357 Å². The van der Waals surface area contributed by atoms with Crippen LogP contribution in [0.25, 0.3) is 0 Å². The first-order valence-corrected chi connectivity index (χ1v) is 43.4. The van der Waals surface area contributed by atoms with Crippen molar-refractivity contribution in [2.45, 2.75) is 220 Å². The molecule has 34 N–H and O–H groups in total. The third-order valence-electron chi connectivity index (χ3n) is 21.2. The second-order valence-electron chi connectivity index (χ2n) is 30.7. The fourth-order valence-corrected chi connectivity index (χ4v) is 20.5. The quantitative estimate of drug-likeness (QED) is 0.0252. The summed E-state index contributed by atoms with van der Waals surface area (Å²) in [4.78, 5) is 93.3. The molecule has 18 atom stereocenters. The number of nitrogens with zero attached hydrogens (tertiary/aromatic N) is 6. The molecule has 4 aliphatic heterocycles. The van der Waals surface area contributed by atoms with Crippen molar-refractivity contribution >= 4 is 117 Å². The molecule has 0 aromatic heterocycles. The maximum absolute atomic E-state index is 13.2. The number of hydrogen-bond acceptors (Lipinski definition) is 32. The minimum Gasteiger partial charge on any atom is -0.480 e. The van der Waals surface area contributed by atoms with Crippen LogP contribution in [0.15, 0.2) is 0 Å². The van der Waals surface area contributed by atoms with E-state index in [0.717, 1.165) is 21.5 Å². The van der Waals surface area contributed by atoms with Gasteiger partial charge in [-0.3, -0.25) is 38.4 Å². The highest BCUT2D eigenvalue weighted by Gasteiger charge is 2.59. The molecular weight excluding hydrogens is 1610 g/mol. The van der Waals surface area contributed by atoms with E-state index in [4.69, 9.17) is 86.1 Å². The molecule has 7 aliphatic rings. The van der Waals surface area contributed by atoms with E-state index >= 15 is 0 Å². The van der Waals surface area contributed by atoms with Gasteiger partial charge in [0.25, 0.3) is 40.8 Å². The van der Waals surface area contributed by atoms with Crippen molar-refractivity contribution in [3.8, 4) is 0 Å². The van der Waals surface area contributed by atoms with E-state index in [9.17, 15) is 92.5 Å². The highest BCUT2D eigenvalue weighted by atomic mass is 32.2. The van der Waals surface area contributed by atoms with E-state index in [1.807, 2.05) is 0 Å². The standard InChI is InChI=1S/C16H32BN5O7S.C15H32BN5O7S.2C14H28BN5O7S/c1-3-22(13-7-12(13)20-14(23)10(2)18)30(28,29)21-8-11(5-4-6-17(26)27)16(19,9-21)15(24)25;1-3-20(8-7-19-13(22)11(2)17)29(27,28)21-9-12(5-4-6-16(25)26)15(18,10-21)14(23)24;2*1-8(16)12(21)18-10-5-11(10)19-28(26,27)20-6-9(3-2-4-15(24)25)14(17,7-20)13(22)23/h10-13,26-27H,3-9,18-19H2,1-2H3,(H,20,23)(H,24,25);11-12,25-26H,3-10,17-18H2,1-2H3,(H,19,22)(H,23,24);2*8-11,19,24-25H,2-7,16-17H2,1H3,(H,18,21)(H,22,23)/t10-,11-,12+,13?,16-;11-,12-,15-;8-,9-,10+,11+,14-;8-,9-,10-,11-,14-/m0000/s1. The lowest BCUT2D eigenvalue weighted by molar-refractivity contribution is -0.145. The number of rotatable bonds is 43. The summed E-state index contributed by atoms with van der Waals surface area (Å²) in [7, 11) is -22.1. The number of carbonyl (C=O) groups excluding carboxylic acids is 4. The summed E-state index contributed by atoms with van der Waals surface area (Å²) in [6.45, 7) is 7.81. The Morgan fingerprint density at radius 3 is 0.965 bits per heavy atom. The third kappa shape index (κ3) is 28.5. The van der Waals surface area contributed by atoms with Crippen LogP contribution in [0.3, 0.4) is 0 Å². The molecule has 0 spiro atoms. The summed E-state index contributed by atoms with van der Waals surface area (Å²) in [5.41, 5.74) is 39.0. The van der Waals surface area contributed by atoms with E-state index in [1.165, 1.54) is 32.0 Å². The number of carbonyl (C=O) groups is 8. The van der Waals surface area contributed by atoms with Crippen LogP contribution < -0.4 is 76.6 Å². The van der Waals surface area contributed by atoms with Crippen LogP contribution >= 0.6 is 0 Å². The minimum absolute atomic E-state index is 0.000191. The van der Waals surface area contributed by atoms with Crippen molar-refractivity contribution in [2.24, 2.45) is 69.5 Å². The van der Waals surface area contributed by atoms with E-state index in [-0.39, 0.29) is 152 Å². The smallest absolute Gasteiger partial charge is 0.451 e. The van der Waals surface area contributed by atoms with Gasteiger partial charge in [-0.05, 0) is 97.9 Å². The Bertz CT molecular complexity index is 3670. The van der Waals surface area contributed by atoms with E-state index < -0.39 is 200 Å². The predicted octanol–water partition coefficient (Wildman–Crippen LogP) is -13.1. The molecule has 0 aromatic rings. The lowest BCUT2D eigenvalue weighted by Crippen LogP contribution is -2.55. The van der Waals surface area contributed by atoms with Crippen molar-refractivity contribution < 1.29 is 133 Å². The summed E-state index contributed by atoms with van der Waals surface area (Å²) in [5, 5.41) is 120. The fraction of sp³-hybridized carbons (Fsp3) is 0.864. The molecule has 56 heteroatoms. The Kier molecular flexibility index (Phi) is 38.1. The predicted molar refractivity (Wildman–Crippen MR) is 416 cm³/mol. The zero-order valence-corrected chi connectivity index (χ0v) is 68.6. The summed E-state index contributed by atoms with van der Waals surface area (Å²) in [5.74, 6) is -9.46. The number of aliphatic carboxylic acids is 4. The number of hydrogen-bond donors (Lipinski definition) is 26. The number of carboxylic acid groups (broad SMARTS) is 4. The maximum atomic E-state index is 13.2. The van der Waals surface area contributed by atoms with Crippen molar-refractivity contribution in [1.82, 2.24) is 56.5 Å². The normalized spacial score (nSPS) is 29.2. The van der Waals surface area contributed by atoms with E-state index in [2.05, 4.69) is 30.7 Å². The van der Waals surface area contributed by atoms with Crippen molar-refractivity contribution in [3.63, 3.8) is 0 Å². The first kappa shape index (κ1) is 102. The largest absolute Gasteiger partial charge is 0.480 e. The van der Waals surface area contributed by atoms with Gasteiger partial charge in [-0.25, -0.2) is 0 Å². The molecule has 7 rings (SSSR count). The van der Waals surface area contributed by atoms with Gasteiger partial charge < -0.3 is 128 Å². The molecule has 3 saturated carbocycles. The van der Waals surface area contributed by atoms with Gasteiger partial charge in [0, 0.05) is 138 Å². The lowest BCUT2D eigenvalue weighted by atomic mass is 9.78. The number of nitrogens with one attached hydrogen (secondary N) is 6. The molecule has 7 fully saturated rings. The Morgan fingerprint density at radius 1 is 0.417 bits per heavy atom. The number of amides is 4. The average Bonchev–Trinajstić information content (AvgIpc) is 1.61. The highest BCUT2D eigenvalue weighted by Crippen LogP contribution is 2.39. The minimum atomic E-state index is -4.01. The van der Waals surface area contributed by atoms with Gasteiger partial charge in [-0.15, -0.1) is 0 Å². The Labute approximate surface area is 670 Å². The Hall–Kier alpha value is -5.14. The van der Waals surface area contributed by atoms with E-state index in [0.29, 0.717) is 44.9 Å². The molecule has 4 saturated heterocycles. The molecule has 1 unspecified atom stereocenters. The topological polar surface area (TPSA) is 816 Å². The summed E-state index contributed by atoms with van der Waals surface area (Å²) in [6.07, 6.45) is 3.59. The van der Waals surface area contributed by atoms with Gasteiger partial charge in [0.1, 0.15) is 22.2 Å². The van der Waals surface area contributed by atoms with Crippen molar-refractivity contribution in [2.75, 3.05) is 78.5 Å². The summed E-state index contributed by atoms with van der Waals surface area (Å²) in [6, 6.07) is -5.31. The molecule has 0 bridgehead atoms. The van der Waals surface area contributed by atoms with Crippen molar-refractivity contribution in [3.05, 3.63) is 0 Å². The molecule has 0 aromatic carbocycles. The molecule has 3 aliphatic carbocycles. The Morgan fingerprint density at radius 2 is 0.696 bits per heavy atom. The van der Waals surface area contributed by atoms with Gasteiger partial charge in [0.2, 0.25) is 23.6 Å². The Balaban J connectivity index is 0.000000323. The first-order chi connectivity index (χ1) is 52.9. The summed E-state index contributed by atoms with van der Waals surface area (Å²) >= 11 is 0. The molecule has 115 heavy (non-hydrogen) atoms. The average molecular weight is 1730 g/mol. The maximum Gasteiger partial charge on any atom is 0.451 e. The van der Waals surface area contributed by atoms with Crippen LogP contribution in [0, 0.1) is 23.7 Å². The van der Waals surface area contributed by atoms with Crippen LogP contribution in [0.1, 0.15) is 112 Å². The van der Waals surface area contributed by atoms with Gasteiger partial charge >= 0.3 is 52.4 Å². The molecule has 48 nitrogen and oxygen atoms in total. The molecule has 660 valence electrons. The van der Waals surface area contributed by atoms with Gasteiger partial charge in [0.15, 0.2) is 0 Å². The van der Waals surface area contributed by atoms with Crippen LogP contribution in [-0.2, 0) is 79.2 Å². The molecule has 0 radical (unpaired) electrons. The second-order valence-corrected chi connectivity index (χ2v) is 37.9. The fourth-order valence-electron chi connectivity index (χ4n) is 13.7. The van der Waals surface area contributed by atoms with Crippen LogP contribution in [0.5, 0.6) is 0 Å². The van der Waals surface area contributed by atoms with Gasteiger partial charge in [-0.2, -0.15) is 68.9 Å². The zero-order valence-electron chi connectivity index (χ0n) is 65.3. The zero-order chi connectivity index (χ0) is 87.8. The summed E-state index contributed by atoms with van der Waals surface area (Å²) < 4.78 is 114. The number of likely N-dealkylation sites (N-methyl/N-ethyl adjacent to an activating group) is 2. The van der Waals surface area contributed by atoms with Gasteiger partial charge in [0.05, 0.1) is 24.2 Å². The lowest BCUT2D eigenvalue weighted by Gasteiger charge is -2.27. The highest BCUT2D eigenvalue weighted by molar-refractivity contribution is 7.87. The van der Waals surface area contributed by atoms with Crippen LogP contribution in [0.2, 0.25) is 25.3 Å². The first-order valence-electron chi connectivity index (χ1n) is 37.7. The second kappa shape index (κ2) is 42.9. The molecule has 4 amide bonds.